The average molecular weight is 317 g/mol. The Morgan fingerprint density at radius 3 is 2.68 bits per heavy atom. The van der Waals surface area contributed by atoms with Gasteiger partial charge in [0, 0.05) is 34.1 Å². The highest BCUT2D eigenvalue weighted by Crippen LogP contribution is 2.29. The van der Waals surface area contributed by atoms with E-state index < -0.39 is 10.8 Å². The van der Waals surface area contributed by atoms with Gasteiger partial charge >= 0.3 is 0 Å². The monoisotopic (exact) mass is 317 g/mol. The molecule has 3 nitrogen and oxygen atoms in total. The largest absolute Gasteiger partial charge is 0.496 e. The van der Waals surface area contributed by atoms with Crippen molar-refractivity contribution in [3.63, 3.8) is 0 Å². The van der Waals surface area contributed by atoms with Crippen LogP contribution in [0.15, 0.2) is 42.5 Å². The number of hydrogen-bond acceptors (Lipinski definition) is 3. The SMILES string of the molecule is COc1ccc(C)cc1[C@H](C)Nc1cccc(C[S@@](C)=O)c1. The van der Waals surface area contributed by atoms with Crippen LogP contribution in [0.5, 0.6) is 5.75 Å². The smallest absolute Gasteiger partial charge is 0.124 e. The fourth-order valence-electron chi connectivity index (χ4n) is 2.51. The molecule has 0 fully saturated rings. The van der Waals surface area contributed by atoms with E-state index in [1.807, 2.05) is 30.3 Å². The second-order valence-electron chi connectivity index (χ2n) is 5.53. The van der Waals surface area contributed by atoms with Crippen LogP contribution in [-0.2, 0) is 16.6 Å². The number of ether oxygens (including phenoxy) is 1. The summed E-state index contributed by atoms with van der Waals surface area (Å²) in [5.74, 6) is 1.47. The molecule has 2 aromatic carbocycles. The van der Waals surface area contributed by atoms with Crippen molar-refractivity contribution in [3.8, 4) is 5.75 Å². The molecule has 0 heterocycles. The van der Waals surface area contributed by atoms with Crippen molar-refractivity contribution < 1.29 is 8.95 Å². The van der Waals surface area contributed by atoms with Crippen molar-refractivity contribution in [2.75, 3.05) is 18.7 Å². The maximum Gasteiger partial charge on any atom is 0.124 e. The fraction of sp³-hybridized carbons (Fsp3) is 0.333. The van der Waals surface area contributed by atoms with Gasteiger partial charge in [0.2, 0.25) is 0 Å². The van der Waals surface area contributed by atoms with Crippen molar-refractivity contribution in [2.24, 2.45) is 0 Å². The minimum absolute atomic E-state index is 0.122. The topological polar surface area (TPSA) is 38.3 Å². The Morgan fingerprint density at radius 2 is 2.00 bits per heavy atom. The van der Waals surface area contributed by atoms with E-state index in [0.29, 0.717) is 5.75 Å². The number of rotatable bonds is 6. The molecule has 118 valence electrons. The average Bonchev–Trinajstić information content (AvgIpc) is 2.46. The highest BCUT2D eigenvalue weighted by atomic mass is 32.2. The van der Waals surface area contributed by atoms with Crippen LogP contribution in [0.1, 0.15) is 29.7 Å². The summed E-state index contributed by atoms with van der Waals surface area (Å²) in [4.78, 5) is 0. The van der Waals surface area contributed by atoms with Crippen molar-refractivity contribution in [2.45, 2.75) is 25.6 Å². The lowest BCUT2D eigenvalue weighted by Gasteiger charge is -2.19. The molecule has 2 atom stereocenters. The quantitative estimate of drug-likeness (QED) is 0.873. The number of aryl methyl sites for hydroxylation is 1. The first-order valence-corrected chi connectivity index (χ1v) is 9.02. The Bertz CT molecular complexity index is 670. The van der Waals surface area contributed by atoms with Gasteiger partial charge in [-0.05, 0) is 37.6 Å². The minimum atomic E-state index is -0.829. The minimum Gasteiger partial charge on any atom is -0.496 e. The van der Waals surface area contributed by atoms with E-state index in [0.717, 1.165) is 22.6 Å². The molecule has 0 aliphatic heterocycles. The van der Waals surface area contributed by atoms with Gasteiger partial charge in [0.15, 0.2) is 0 Å². The van der Waals surface area contributed by atoms with Crippen molar-refractivity contribution >= 4 is 16.5 Å². The summed E-state index contributed by atoms with van der Waals surface area (Å²) in [7, 11) is 0.863. The van der Waals surface area contributed by atoms with Crippen molar-refractivity contribution in [3.05, 3.63) is 59.2 Å². The molecule has 0 saturated heterocycles. The van der Waals surface area contributed by atoms with Gasteiger partial charge in [0.05, 0.1) is 13.2 Å². The standard InChI is InChI=1S/C18H23NO2S/c1-13-8-9-18(21-3)17(10-13)14(2)19-16-7-5-6-15(11-16)12-22(4)20/h5-11,14,19H,12H2,1-4H3/t14-,22+/m0/s1. The van der Waals surface area contributed by atoms with E-state index in [9.17, 15) is 4.21 Å². The highest BCUT2D eigenvalue weighted by molar-refractivity contribution is 7.83. The predicted octanol–water partition coefficient (Wildman–Crippen LogP) is 4.06. The molecule has 0 amide bonds. The molecule has 2 rings (SSSR count). The first-order chi connectivity index (χ1) is 10.5. The lowest BCUT2D eigenvalue weighted by Crippen LogP contribution is -2.09. The van der Waals surface area contributed by atoms with Gasteiger partial charge in [-0.15, -0.1) is 0 Å². The number of methoxy groups -OCH3 is 1. The summed E-state index contributed by atoms with van der Waals surface area (Å²) >= 11 is 0. The lowest BCUT2D eigenvalue weighted by atomic mass is 10.0. The summed E-state index contributed by atoms with van der Waals surface area (Å²) < 4.78 is 16.8. The molecule has 0 saturated carbocycles. The van der Waals surface area contributed by atoms with Crippen LogP contribution < -0.4 is 10.1 Å². The van der Waals surface area contributed by atoms with E-state index in [4.69, 9.17) is 4.74 Å². The molecule has 4 heteroatoms. The molecule has 2 aromatic rings. The molecule has 0 aliphatic rings. The Hall–Kier alpha value is -1.81. The van der Waals surface area contributed by atoms with E-state index in [-0.39, 0.29) is 6.04 Å². The third-order valence-electron chi connectivity index (χ3n) is 3.53. The maximum absolute atomic E-state index is 11.4. The number of hydrogen-bond donors (Lipinski definition) is 1. The molecular weight excluding hydrogens is 294 g/mol. The van der Waals surface area contributed by atoms with Gasteiger partial charge in [-0.3, -0.25) is 4.21 Å². The molecule has 0 aromatic heterocycles. The predicted molar refractivity (Wildman–Crippen MR) is 94.0 cm³/mol. The Morgan fingerprint density at radius 1 is 1.23 bits per heavy atom. The van der Waals surface area contributed by atoms with Crippen LogP contribution in [0.25, 0.3) is 0 Å². The van der Waals surface area contributed by atoms with Crippen LogP contribution in [0.2, 0.25) is 0 Å². The third-order valence-corrected chi connectivity index (χ3v) is 4.27. The molecule has 22 heavy (non-hydrogen) atoms. The van der Waals surface area contributed by atoms with Crippen LogP contribution in [0.4, 0.5) is 5.69 Å². The van der Waals surface area contributed by atoms with Crippen LogP contribution in [-0.4, -0.2) is 17.6 Å². The van der Waals surface area contributed by atoms with E-state index in [1.54, 1.807) is 13.4 Å². The van der Waals surface area contributed by atoms with E-state index >= 15 is 0 Å². The van der Waals surface area contributed by atoms with Gasteiger partial charge in [-0.2, -0.15) is 0 Å². The van der Waals surface area contributed by atoms with Crippen molar-refractivity contribution in [1.29, 1.82) is 0 Å². The molecule has 0 unspecified atom stereocenters. The van der Waals surface area contributed by atoms with E-state index in [2.05, 4.69) is 31.3 Å². The summed E-state index contributed by atoms with van der Waals surface area (Å²) in [6.07, 6.45) is 1.72. The van der Waals surface area contributed by atoms with Gasteiger partial charge in [0.1, 0.15) is 5.75 Å². The lowest BCUT2D eigenvalue weighted by molar-refractivity contribution is 0.408. The zero-order valence-electron chi connectivity index (χ0n) is 13.6. The first-order valence-electron chi connectivity index (χ1n) is 7.29. The van der Waals surface area contributed by atoms with Crippen LogP contribution >= 0.6 is 0 Å². The fourth-order valence-corrected chi connectivity index (χ4v) is 3.15. The maximum atomic E-state index is 11.4. The summed E-state index contributed by atoms with van der Waals surface area (Å²) in [6, 6.07) is 14.4. The first kappa shape index (κ1) is 16.6. The Balaban J connectivity index is 2.20. The van der Waals surface area contributed by atoms with Gasteiger partial charge in [0.25, 0.3) is 0 Å². The zero-order valence-corrected chi connectivity index (χ0v) is 14.4. The van der Waals surface area contributed by atoms with Crippen LogP contribution in [0.3, 0.4) is 0 Å². The molecule has 0 aliphatic carbocycles. The van der Waals surface area contributed by atoms with Gasteiger partial charge < -0.3 is 10.1 Å². The molecular formula is C18H23NO2S. The third kappa shape index (κ3) is 4.34. The molecule has 0 radical (unpaired) electrons. The van der Waals surface area contributed by atoms with Crippen molar-refractivity contribution in [1.82, 2.24) is 0 Å². The number of anilines is 1. The van der Waals surface area contributed by atoms with Gasteiger partial charge in [-0.25, -0.2) is 0 Å². The molecule has 0 bridgehead atoms. The molecule has 1 N–H and O–H groups in total. The summed E-state index contributed by atoms with van der Waals surface area (Å²) in [6.45, 7) is 4.19. The number of benzene rings is 2. The van der Waals surface area contributed by atoms with E-state index in [1.165, 1.54) is 5.56 Å². The van der Waals surface area contributed by atoms with Gasteiger partial charge in [-0.1, -0.05) is 29.8 Å². The Labute approximate surface area is 135 Å². The van der Waals surface area contributed by atoms with Crippen LogP contribution in [0, 0.1) is 6.92 Å². The normalized spacial score (nSPS) is 13.5. The summed E-state index contributed by atoms with van der Waals surface area (Å²) in [5, 5.41) is 3.49. The highest BCUT2D eigenvalue weighted by Gasteiger charge is 2.12. The zero-order chi connectivity index (χ0) is 16.1. The second kappa shape index (κ2) is 7.45. The molecule has 0 spiro atoms. The Kier molecular flexibility index (Phi) is 5.61. The number of nitrogens with one attached hydrogen (secondary N) is 1. The second-order valence-corrected chi connectivity index (χ2v) is 6.96. The summed E-state index contributed by atoms with van der Waals surface area (Å²) in [5.41, 5.74) is 4.44.